The Morgan fingerprint density at radius 3 is 2.88 bits per heavy atom. The number of hydrogen-bond donors (Lipinski definition) is 2. The lowest BCUT2D eigenvalue weighted by atomic mass is 10.2. The van der Waals surface area contributed by atoms with Crippen molar-refractivity contribution in [3.8, 4) is 0 Å². The highest BCUT2D eigenvalue weighted by Crippen LogP contribution is 2.10. The van der Waals surface area contributed by atoms with E-state index in [9.17, 15) is 4.79 Å². The van der Waals surface area contributed by atoms with E-state index in [4.69, 9.17) is 4.74 Å². The lowest BCUT2D eigenvalue weighted by Gasteiger charge is -2.23. The molecular weight excluding hydrogens is 284 g/mol. The molecule has 92 valence electrons. The van der Waals surface area contributed by atoms with Gasteiger partial charge >= 0.3 is 0 Å². The lowest BCUT2D eigenvalue weighted by Crippen LogP contribution is -2.45. The third-order valence-corrected chi connectivity index (χ3v) is 3.13. The summed E-state index contributed by atoms with van der Waals surface area (Å²) in [5, 5.41) is 6.09. The smallest absolute Gasteiger partial charge is 0.251 e. The maximum Gasteiger partial charge on any atom is 0.251 e. The Balaban J connectivity index is 1.82. The third kappa shape index (κ3) is 3.80. The first-order chi connectivity index (χ1) is 8.25. The zero-order valence-electron chi connectivity index (χ0n) is 9.41. The molecule has 1 heterocycles. The molecule has 0 saturated carbocycles. The normalized spacial score (nSPS) is 19.9. The summed E-state index contributed by atoms with van der Waals surface area (Å²) in [6.45, 7) is 2.93. The van der Waals surface area contributed by atoms with Crippen molar-refractivity contribution in [3.05, 3.63) is 34.3 Å². The van der Waals surface area contributed by atoms with E-state index in [1.807, 2.05) is 12.1 Å². The molecule has 1 saturated heterocycles. The maximum absolute atomic E-state index is 11.8. The standard InChI is InChI=1S/C12H15BrN2O2/c13-10-3-1-9(2-4-10)12(16)15-8-11-7-14-5-6-17-11/h1-4,11,14H,5-8H2,(H,15,16). The molecule has 1 atom stereocenters. The second-order valence-electron chi connectivity index (χ2n) is 3.91. The number of halogens is 1. The topological polar surface area (TPSA) is 50.4 Å². The Kier molecular flexibility index (Phi) is 4.53. The molecule has 0 aromatic heterocycles. The monoisotopic (exact) mass is 298 g/mol. The zero-order chi connectivity index (χ0) is 12.1. The molecule has 17 heavy (non-hydrogen) atoms. The Morgan fingerprint density at radius 1 is 1.47 bits per heavy atom. The van der Waals surface area contributed by atoms with Gasteiger partial charge in [-0.3, -0.25) is 4.79 Å². The van der Waals surface area contributed by atoms with Crippen molar-refractivity contribution >= 4 is 21.8 Å². The van der Waals surface area contributed by atoms with Crippen LogP contribution in [-0.4, -0.2) is 38.3 Å². The Labute approximate surface area is 109 Å². The number of ether oxygens (including phenoxy) is 1. The predicted octanol–water partition coefficient (Wildman–Crippen LogP) is 1.17. The largest absolute Gasteiger partial charge is 0.374 e. The van der Waals surface area contributed by atoms with Crippen LogP contribution in [0.2, 0.25) is 0 Å². The van der Waals surface area contributed by atoms with Gasteiger partial charge in [0.25, 0.3) is 5.91 Å². The zero-order valence-corrected chi connectivity index (χ0v) is 11.0. The fraction of sp³-hybridized carbons (Fsp3) is 0.417. The van der Waals surface area contributed by atoms with Crippen molar-refractivity contribution in [2.24, 2.45) is 0 Å². The van der Waals surface area contributed by atoms with Crippen LogP contribution in [0, 0.1) is 0 Å². The number of hydrogen-bond acceptors (Lipinski definition) is 3. The first-order valence-corrected chi connectivity index (χ1v) is 6.41. The molecule has 0 bridgehead atoms. The third-order valence-electron chi connectivity index (χ3n) is 2.60. The van der Waals surface area contributed by atoms with E-state index >= 15 is 0 Å². The van der Waals surface area contributed by atoms with Crippen molar-refractivity contribution < 1.29 is 9.53 Å². The molecule has 5 heteroatoms. The first-order valence-electron chi connectivity index (χ1n) is 5.62. The molecule has 1 aliphatic rings. The first kappa shape index (κ1) is 12.5. The summed E-state index contributed by atoms with van der Waals surface area (Å²) in [7, 11) is 0. The van der Waals surface area contributed by atoms with Gasteiger partial charge in [0.15, 0.2) is 0 Å². The van der Waals surface area contributed by atoms with Crippen LogP contribution in [0.1, 0.15) is 10.4 Å². The number of carbonyl (C=O) groups excluding carboxylic acids is 1. The summed E-state index contributed by atoms with van der Waals surface area (Å²) in [5.41, 5.74) is 0.664. The molecule has 0 radical (unpaired) electrons. The van der Waals surface area contributed by atoms with Crippen LogP contribution >= 0.6 is 15.9 Å². The molecule has 2 rings (SSSR count). The van der Waals surface area contributed by atoms with Gasteiger partial charge in [-0.05, 0) is 24.3 Å². The van der Waals surface area contributed by atoms with Crippen LogP contribution in [0.25, 0.3) is 0 Å². The van der Waals surface area contributed by atoms with Crippen molar-refractivity contribution in [2.75, 3.05) is 26.2 Å². The predicted molar refractivity (Wildman–Crippen MR) is 69.1 cm³/mol. The van der Waals surface area contributed by atoms with Gasteiger partial charge in [-0.25, -0.2) is 0 Å². The van der Waals surface area contributed by atoms with Crippen LogP contribution in [0.15, 0.2) is 28.7 Å². The number of morpholine rings is 1. The van der Waals surface area contributed by atoms with Crippen molar-refractivity contribution in [1.82, 2.24) is 10.6 Å². The van der Waals surface area contributed by atoms with Gasteiger partial charge in [0.1, 0.15) is 0 Å². The fourth-order valence-electron chi connectivity index (χ4n) is 1.66. The van der Waals surface area contributed by atoms with E-state index < -0.39 is 0 Å². The fourth-order valence-corrected chi connectivity index (χ4v) is 1.93. The molecule has 2 N–H and O–H groups in total. The summed E-state index contributed by atoms with van der Waals surface area (Å²) in [6, 6.07) is 7.29. The summed E-state index contributed by atoms with van der Waals surface area (Å²) in [4.78, 5) is 11.8. The summed E-state index contributed by atoms with van der Waals surface area (Å²) >= 11 is 3.34. The van der Waals surface area contributed by atoms with Crippen molar-refractivity contribution in [3.63, 3.8) is 0 Å². The second kappa shape index (κ2) is 6.14. The van der Waals surface area contributed by atoms with Crippen LogP contribution in [0.4, 0.5) is 0 Å². The molecule has 1 aliphatic heterocycles. The van der Waals surface area contributed by atoms with Crippen LogP contribution in [0.3, 0.4) is 0 Å². The molecule has 1 unspecified atom stereocenters. The summed E-state index contributed by atoms with van der Waals surface area (Å²) in [5.74, 6) is -0.0633. The number of nitrogens with one attached hydrogen (secondary N) is 2. The molecular formula is C12H15BrN2O2. The molecule has 4 nitrogen and oxygen atoms in total. The number of carbonyl (C=O) groups is 1. The minimum absolute atomic E-state index is 0.0633. The van der Waals surface area contributed by atoms with Gasteiger partial charge in [-0.15, -0.1) is 0 Å². The van der Waals surface area contributed by atoms with E-state index in [1.54, 1.807) is 12.1 Å². The van der Waals surface area contributed by atoms with Gasteiger partial charge in [0.05, 0.1) is 12.7 Å². The number of benzene rings is 1. The number of amides is 1. The highest BCUT2D eigenvalue weighted by Gasteiger charge is 2.14. The van der Waals surface area contributed by atoms with Gasteiger partial charge in [-0.1, -0.05) is 15.9 Å². The summed E-state index contributed by atoms with van der Waals surface area (Å²) < 4.78 is 6.47. The van der Waals surface area contributed by atoms with Gasteiger partial charge in [-0.2, -0.15) is 0 Å². The van der Waals surface area contributed by atoms with Crippen LogP contribution < -0.4 is 10.6 Å². The molecule has 1 aromatic rings. The second-order valence-corrected chi connectivity index (χ2v) is 4.83. The van der Waals surface area contributed by atoms with Crippen LogP contribution in [0.5, 0.6) is 0 Å². The van der Waals surface area contributed by atoms with Crippen molar-refractivity contribution in [1.29, 1.82) is 0 Å². The molecule has 1 fully saturated rings. The highest BCUT2D eigenvalue weighted by molar-refractivity contribution is 9.10. The Morgan fingerprint density at radius 2 is 2.24 bits per heavy atom. The Hall–Kier alpha value is -0.910. The molecule has 1 aromatic carbocycles. The van der Waals surface area contributed by atoms with E-state index in [1.165, 1.54) is 0 Å². The molecule has 1 amide bonds. The van der Waals surface area contributed by atoms with E-state index in [-0.39, 0.29) is 12.0 Å². The average molecular weight is 299 g/mol. The van der Waals surface area contributed by atoms with Gasteiger partial charge in [0.2, 0.25) is 0 Å². The van der Waals surface area contributed by atoms with E-state index in [0.29, 0.717) is 18.7 Å². The average Bonchev–Trinajstić information content (AvgIpc) is 2.38. The van der Waals surface area contributed by atoms with E-state index in [2.05, 4.69) is 26.6 Å². The van der Waals surface area contributed by atoms with Crippen molar-refractivity contribution in [2.45, 2.75) is 6.10 Å². The molecule has 0 spiro atoms. The van der Waals surface area contributed by atoms with Gasteiger partial charge < -0.3 is 15.4 Å². The highest BCUT2D eigenvalue weighted by atomic mass is 79.9. The van der Waals surface area contributed by atoms with E-state index in [0.717, 1.165) is 17.6 Å². The minimum atomic E-state index is -0.0633. The number of rotatable bonds is 3. The molecule has 0 aliphatic carbocycles. The SMILES string of the molecule is O=C(NCC1CNCCO1)c1ccc(Br)cc1. The lowest BCUT2D eigenvalue weighted by molar-refractivity contribution is 0.0287. The quantitative estimate of drug-likeness (QED) is 0.881. The van der Waals surface area contributed by atoms with Crippen LogP contribution in [-0.2, 0) is 4.74 Å². The minimum Gasteiger partial charge on any atom is -0.374 e. The van der Waals surface area contributed by atoms with Gasteiger partial charge in [0, 0.05) is 29.7 Å². The maximum atomic E-state index is 11.8. The Bertz CT molecular complexity index is 375. The summed E-state index contributed by atoms with van der Waals surface area (Å²) in [6.07, 6.45) is 0.0724.